The Morgan fingerprint density at radius 1 is 1.17 bits per heavy atom. The second-order valence-electron chi connectivity index (χ2n) is 6.08. The molecule has 2 aliphatic rings. The van der Waals surface area contributed by atoms with E-state index in [-0.39, 0.29) is 6.10 Å². The van der Waals surface area contributed by atoms with Gasteiger partial charge in [-0.1, -0.05) is 29.3 Å². The third kappa shape index (κ3) is 3.53. The number of rotatable bonds is 4. The number of benzene rings is 1. The molecule has 4 rings (SSSR count). The second kappa shape index (κ2) is 6.40. The smallest absolute Gasteiger partial charge is 0.230 e. The van der Waals surface area contributed by atoms with Crippen LogP contribution in [0.25, 0.3) is 0 Å². The quantitative estimate of drug-likeness (QED) is 0.835. The number of morpholine rings is 1. The molecule has 1 aromatic carbocycles. The van der Waals surface area contributed by atoms with Gasteiger partial charge >= 0.3 is 0 Å². The van der Waals surface area contributed by atoms with E-state index in [9.17, 15) is 0 Å². The fourth-order valence-corrected chi connectivity index (χ4v) is 3.08. The molecule has 0 N–H and O–H groups in total. The Labute approximate surface area is 144 Å². The van der Waals surface area contributed by atoms with Crippen molar-refractivity contribution < 1.29 is 9.15 Å². The first-order chi connectivity index (χ1) is 11.2. The molecule has 1 aromatic heterocycles. The lowest BCUT2D eigenvalue weighted by Crippen LogP contribution is -2.37. The first-order valence-electron chi connectivity index (χ1n) is 7.80. The van der Waals surface area contributed by atoms with Gasteiger partial charge < -0.3 is 9.15 Å². The molecule has 5 nitrogen and oxygen atoms in total. The van der Waals surface area contributed by atoms with Crippen LogP contribution in [0.5, 0.6) is 0 Å². The monoisotopic (exact) mass is 353 g/mol. The molecule has 0 bridgehead atoms. The maximum atomic E-state index is 6.10. The SMILES string of the molecule is Clc1ccc([C@@H]2CN(Cc3nnc(C4CC4)o3)CCO2)cc1Cl. The first-order valence-corrected chi connectivity index (χ1v) is 8.56. The zero-order chi connectivity index (χ0) is 15.8. The van der Waals surface area contributed by atoms with Crippen LogP contribution in [0, 0.1) is 0 Å². The van der Waals surface area contributed by atoms with Gasteiger partial charge in [-0.3, -0.25) is 4.90 Å². The van der Waals surface area contributed by atoms with Crippen LogP contribution in [0.1, 0.15) is 42.2 Å². The number of hydrogen-bond acceptors (Lipinski definition) is 5. The van der Waals surface area contributed by atoms with E-state index in [1.165, 1.54) is 12.8 Å². The molecular formula is C16H17Cl2N3O2. The molecule has 1 saturated heterocycles. The summed E-state index contributed by atoms with van der Waals surface area (Å²) in [6.07, 6.45) is 2.31. The highest BCUT2D eigenvalue weighted by molar-refractivity contribution is 6.42. The summed E-state index contributed by atoms with van der Waals surface area (Å²) in [5.41, 5.74) is 1.04. The fourth-order valence-electron chi connectivity index (χ4n) is 2.78. The van der Waals surface area contributed by atoms with E-state index in [4.69, 9.17) is 32.4 Å². The van der Waals surface area contributed by atoms with Gasteiger partial charge in [0.15, 0.2) is 0 Å². The predicted molar refractivity (Wildman–Crippen MR) is 86.7 cm³/mol. The van der Waals surface area contributed by atoms with Crippen LogP contribution in [0.2, 0.25) is 10.0 Å². The Balaban J connectivity index is 1.42. The molecule has 1 aliphatic heterocycles. The zero-order valence-electron chi connectivity index (χ0n) is 12.5. The summed E-state index contributed by atoms with van der Waals surface area (Å²) in [6, 6.07) is 5.64. The van der Waals surface area contributed by atoms with Crippen molar-refractivity contribution in [1.82, 2.24) is 15.1 Å². The first kappa shape index (κ1) is 15.4. The third-order valence-corrected chi connectivity index (χ3v) is 4.97. The minimum Gasteiger partial charge on any atom is -0.424 e. The van der Waals surface area contributed by atoms with Crippen LogP contribution in [0.4, 0.5) is 0 Å². The predicted octanol–water partition coefficient (Wildman–Crippen LogP) is 3.83. The van der Waals surface area contributed by atoms with Crippen molar-refractivity contribution >= 4 is 23.2 Å². The summed E-state index contributed by atoms with van der Waals surface area (Å²) < 4.78 is 11.6. The number of nitrogens with zero attached hydrogens (tertiary/aromatic N) is 3. The van der Waals surface area contributed by atoms with Crippen molar-refractivity contribution in [2.24, 2.45) is 0 Å². The lowest BCUT2D eigenvalue weighted by Gasteiger charge is -2.32. The summed E-state index contributed by atoms with van der Waals surface area (Å²) in [5, 5.41) is 9.40. The van der Waals surface area contributed by atoms with Gasteiger partial charge in [0.1, 0.15) is 0 Å². The van der Waals surface area contributed by atoms with Crippen LogP contribution < -0.4 is 0 Å². The minimum atomic E-state index is -0.0238. The van der Waals surface area contributed by atoms with Gasteiger partial charge in [-0.05, 0) is 30.5 Å². The maximum Gasteiger partial charge on any atom is 0.230 e. The van der Waals surface area contributed by atoms with Gasteiger partial charge in [-0.25, -0.2) is 0 Å². The Morgan fingerprint density at radius 2 is 2.04 bits per heavy atom. The van der Waals surface area contributed by atoms with Gasteiger partial charge in [-0.2, -0.15) is 0 Å². The average molecular weight is 354 g/mol. The van der Waals surface area contributed by atoms with Gasteiger partial charge in [0.25, 0.3) is 0 Å². The highest BCUT2D eigenvalue weighted by atomic mass is 35.5. The van der Waals surface area contributed by atoms with Crippen LogP contribution in [-0.2, 0) is 11.3 Å². The molecule has 2 heterocycles. The van der Waals surface area contributed by atoms with Crippen LogP contribution in [0.3, 0.4) is 0 Å². The van der Waals surface area contributed by atoms with Crippen molar-refractivity contribution in [3.05, 3.63) is 45.6 Å². The second-order valence-corrected chi connectivity index (χ2v) is 6.89. The number of halogens is 2. The van der Waals surface area contributed by atoms with Gasteiger partial charge in [0, 0.05) is 19.0 Å². The van der Waals surface area contributed by atoms with E-state index in [1.807, 2.05) is 12.1 Å². The average Bonchev–Trinajstić information content (AvgIpc) is 3.31. The fraction of sp³-hybridized carbons (Fsp3) is 0.500. The molecule has 0 radical (unpaired) electrons. The maximum absolute atomic E-state index is 6.10. The lowest BCUT2D eigenvalue weighted by molar-refractivity contribution is -0.0352. The van der Waals surface area contributed by atoms with Crippen LogP contribution in [0.15, 0.2) is 22.6 Å². The summed E-state index contributed by atoms with van der Waals surface area (Å²) in [5.74, 6) is 1.96. The van der Waals surface area contributed by atoms with E-state index in [0.29, 0.717) is 35.0 Å². The Hall–Kier alpha value is -1.14. The normalized spacial score (nSPS) is 22.4. The highest BCUT2D eigenvalue weighted by Crippen LogP contribution is 2.39. The number of ether oxygens (including phenoxy) is 1. The van der Waals surface area contributed by atoms with Crippen molar-refractivity contribution in [2.45, 2.75) is 31.4 Å². The minimum absolute atomic E-state index is 0.0238. The highest BCUT2D eigenvalue weighted by Gasteiger charge is 2.30. The standard InChI is InChI=1S/C16H17Cl2N3O2/c17-12-4-3-11(7-13(12)18)14-8-21(5-6-22-14)9-15-19-20-16(23-15)10-1-2-10/h3-4,7,10,14H,1-2,5-6,8-9H2/t14-/m0/s1. The summed E-state index contributed by atoms with van der Waals surface area (Å²) in [4.78, 5) is 2.26. The topological polar surface area (TPSA) is 51.4 Å². The van der Waals surface area contributed by atoms with Gasteiger partial charge in [0.05, 0.1) is 29.3 Å². The Bertz CT molecular complexity index is 702. The molecule has 122 valence electrons. The molecule has 23 heavy (non-hydrogen) atoms. The third-order valence-electron chi connectivity index (χ3n) is 4.23. The van der Waals surface area contributed by atoms with Crippen molar-refractivity contribution in [3.63, 3.8) is 0 Å². The van der Waals surface area contributed by atoms with Gasteiger partial charge in [0.2, 0.25) is 11.8 Å². The molecule has 0 spiro atoms. The van der Waals surface area contributed by atoms with Gasteiger partial charge in [-0.15, -0.1) is 10.2 Å². The van der Waals surface area contributed by atoms with E-state index >= 15 is 0 Å². The summed E-state index contributed by atoms with van der Waals surface area (Å²) in [7, 11) is 0. The number of aromatic nitrogens is 2. The molecule has 0 amide bonds. The molecule has 1 atom stereocenters. The summed E-state index contributed by atoms with van der Waals surface area (Å²) >= 11 is 12.1. The van der Waals surface area contributed by atoms with Crippen molar-refractivity contribution in [2.75, 3.05) is 19.7 Å². The van der Waals surface area contributed by atoms with E-state index in [0.717, 1.165) is 24.5 Å². The summed E-state index contributed by atoms with van der Waals surface area (Å²) in [6.45, 7) is 2.92. The Kier molecular flexibility index (Phi) is 4.28. The molecular weight excluding hydrogens is 337 g/mol. The largest absolute Gasteiger partial charge is 0.424 e. The molecule has 1 aliphatic carbocycles. The van der Waals surface area contributed by atoms with Crippen molar-refractivity contribution in [1.29, 1.82) is 0 Å². The number of hydrogen-bond donors (Lipinski definition) is 0. The van der Waals surface area contributed by atoms with Crippen LogP contribution >= 0.6 is 23.2 Å². The molecule has 1 saturated carbocycles. The molecule has 0 unspecified atom stereocenters. The van der Waals surface area contributed by atoms with Crippen molar-refractivity contribution in [3.8, 4) is 0 Å². The van der Waals surface area contributed by atoms with Crippen LogP contribution in [-0.4, -0.2) is 34.8 Å². The molecule has 2 fully saturated rings. The van der Waals surface area contributed by atoms with E-state index < -0.39 is 0 Å². The molecule has 2 aromatic rings. The Morgan fingerprint density at radius 3 is 2.83 bits per heavy atom. The van der Waals surface area contributed by atoms with E-state index in [2.05, 4.69) is 15.1 Å². The van der Waals surface area contributed by atoms with E-state index in [1.54, 1.807) is 6.07 Å². The zero-order valence-corrected chi connectivity index (χ0v) is 14.1. The molecule has 7 heteroatoms. The lowest BCUT2D eigenvalue weighted by atomic mass is 10.1.